The average molecular weight is 277 g/mol. The highest BCUT2D eigenvalue weighted by Gasteiger charge is 2.26. The molecule has 1 saturated carbocycles. The largest absolute Gasteiger partial charge is 0.391 e. The molecule has 1 aromatic heterocycles. The molecule has 1 fully saturated rings. The molecule has 0 aliphatic heterocycles. The van der Waals surface area contributed by atoms with E-state index in [0.29, 0.717) is 6.04 Å². The highest BCUT2D eigenvalue weighted by Crippen LogP contribution is 2.26. The molecule has 0 amide bonds. The number of likely N-dealkylation sites (N-methyl/N-ethyl adjacent to an activating group) is 1. The van der Waals surface area contributed by atoms with Crippen LogP contribution in [-0.4, -0.2) is 36.3 Å². The van der Waals surface area contributed by atoms with Crippen LogP contribution in [0.15, 0.2) is 18.3 Å². The molecule has 4 nitrogen and oxygen atoms in total. The highest BCUT2D eigenvalue weighted by atomic mass is 16.3. The lowest BCUT2D eigenvalue weighted by Gasteiger charge is -2.36. The van der Waals surface area contributed by atoms with Gasteiger partial charge < -0.3 is 15.3 Å². The van der Waals surface area contributed by atoms with Crippen LogP contribution in [0.4, 0.5) is 5.69 Å². The van der Waals surface area contributed by atoms with Crippen molar-refractivity contribution in [1.82, 2.24) is 10.3 Å². The molecule has 3 unspecified atom stereocenters. The molecular formula is C16H27N3O. The van der Waals surface area contributed by atoms with Crippen molar-refractivity contribution in [1.29, 1.82) is 0 Å². The Balaban J connectivity index is 2.08. The topological polar surface area (TPSA) is 48.4 Å². The first-order valence-electron chi connectivity index (χ1n) is 7.71. The Morgan fingerprint density at radius 1 is 1.40 bits per heavy atom. The number of aliphatic hydroxyl groups is 1. The molecule has 0 spiro atoms. The van der Waals surface area contributed by atoms with E-state index in [4.69, 9.17) is 0 Å². The van der Waals surface area contributed by atoms with Crippen LogP contribution in [0.1, 0.15) is 50.8 Å². The van der Waals surface area contributed by atoms with E-state index in [2.05, 4.69) is 41.3 Å². The molecule has 0 saturated heterocycles. The molecule has 4 heteroatoms. The second-order valence-corrected chi connectivity index (χ2v) is 5.72. The molecule has 2 N–H and O–H groups in total. The van der Waals surface area contributed by atoms with E-state index in [1.807, 2.05) is 13.2 Å². The molecule has 20 heavy (non-hydrogen) atoms. The zero-order valence-corrected chi connectivity index (χ0v) is 12.8. The Hall–Kier alpha value is -1.13. The molecule has 1 aliphatic carbocycles. The van der Waals surface area contributed by atoms with Crippen molar-refractivity contribution in [2.75, 3.05) is 19.0 Å². The maximum atomic E-state index is 10.1. The van der Waals surface area contributed by atoms with Gasteiger partial charge in [-0.15, -0.1) is 0 Å². The zero-order valence-electron chi connectivity index (χ0n) is 12.8. The maximum Gasteiger partial charge on any atom is 0.0743 e. The second kappa shape index (κ2) is 7.04. The minimum Gasteiger partial charge on any atom is -0.391 e. The molecule has 0 aromatic carbocycles. The van der Waals surface area contributed by atoms with Gasteiger partial charge in [-0.25, -0.2) is 0 Å². The van der Waals surface area contributed by atoms with Crippen molar-refractivity contribution >= 4 is 5.69 Å². The minimum atomic E-state index is -0.214. The number of anilines is 1. The first kappa shape index (κ1) is 15.3. The summed E-state index contributed by atoms with van der Waals surface area (Å²) >= 11 is 0. The minimum absolute atomic E-state index is 0.214. The maximum absolute atomic E-state index is 10.1. The van der Waals surface area contributed by atoms with Crippen LogP contribution in [0, 0.1) is 0 Å². The van der Waals surface area contributed by atoms with E-state index >= 15 is 0 Å². The van der Waals surface area contributed by atoms with Crippen LogP contribution in [0.5, 0.6) is 0 Å². The highest BCUT2D eigenvalue weighted by molar-refractivity contribution is 5.45. The summed E-state index contributed by atoms with van der Waals surface area (Å²) in [4.78, 5) is 6.76. The molecular weight excluding hydrogens is 250 g/mol. The van der Waals surface area contributed by atoms with Gasteiger partial charge in [0.05, 0.1) is 29.7 Å². The van der Waals surface area contributed by atoms with Gasteiger partial charge in [0.2, 0.25) is 0 Å². The summed E-state index contributed by atoms with van der Waals surface area (Å²) in [6.45, 7) is 2.15. The van der Waals surface area contributed by atoms with Crippen LogP contribution in [-0.2, 0) is 0 Å². The quantitative estimate of drug-likeness (QED) is 0.868. The van der Waals surface area contributed by atoms with E-state index in [9.17, 15) is 5.11 Å². The molecule has 1 aliphatic rings. The Morgan fingerprint density at radius 3 is 2.70 bits per heavy atom. The molecule has 2 rings (SSSR count). The van der Waals surface area contributed by atoms with Crippen LogP contribution in [0.3, 0.4) is 0 Å². The number of rotatable bonds is 5. The molecule has 3 atom stereocenters. The van der Waals surface area contributed by atoms with E-state index in [-0.39, 0.29) is 12.1 Å². The lowest BCUT2D eigenvalue weighted by atomic mass is 9.91. The fourth-order valence-corrected chi connectivity index (χ4v) is 3.11. The predicted octanol–water partition coefficient (Wildman–Crippen LogP) is 2.49. The standard InChI is InChI=1S/C16H27N3O/c1-4-13(17-2)14-10-9-12(11-18-14)19(3)15-7-5-6-8-16(15)20/h9-11,13,15-17,20H,4-8H2,1-3H3. The number of aromatic nitrogens is 1. The summed E-state index contributed by atoms with van der Waals surface area (Å²) in [5.74, 6) is 0. The molecule has 0 bridgehead atoms. The monoisotopic (exact) mass is 277 g/mol. The normalized spacial score (nSPS) is 24.4. The van der Waals surface area contributed by atoms with Gasteiger partial charge in [0.15, 0.2) is 0 Å². The van der Waals surface area contributed by atoms with Gasteiger partial charge in [0, 0.05) is 13.1 Å². The molecule has 1 heterocycles. The van der Waals surface area contributed by atoms with Crippen molar-refractivity contribution in [2.24, 2.45) is 0 Å². The lowest BCUT2D eigenvalue weighted by molar-refractivity contribution is 0.106. The third kappa shape index (κ3) is 3.30. The zero-order chi connectivity index (χ0) is 14.5. The van der Waals surface area contributed by atoms with Gasteiger partial charge in [-0.3, -0.25) is 4.98 Å². The Labute approximate surface area is 122 Å². The molecule has 0 radical (unpaired) electrons. The van der Waals surface area contributed by atoms with Gasteiger partial charge in [0.1, 0.15) is 0 Å². The van der Waals surface area contributed by atoms with Gasteiger partial charge >= 0.3 is 0 Å². The Bertz CT molecular complexity index is 403. The Kier molecular flexibility index (Phi) is 5.38. The van der Waals surface area contributed by atoms with Gasteiger partial charge in [-0.1, -0.05) is 19.8 Å². The number of pyridine rings is 1. The SMILES string of the molecule is CCC(NC)c1ccc(N(C)C2CCCCC2O)cn1. The predicted molar refractivity (Wildman–Crippen MR) is 83.0 cm³/mol. The van der Waals surface area contributed by atoms with Crippen molar-refractivity contribution in [2.45, 2.75) is 57.2 Å². The summed E-state index contributed by atoms with van der Waals surface area (Å²) in [5.41, 5.74) is 2.17. The number of nitrogens with one attached hydrogen (secondary N) is 1. The first-order chi connectivity index (χ1) is 9.67. The summed E-state index contributed by atoms with van der Waals surface area (Å²) in [7, 11) is 4.03. The van der Waals surface area contributed by atoms with Gasteiger partial charge in [0.25, 0.3) is 0 Å². The Morgan fingerprint density at radius 2 is 2.15 bits per heavy atom. The van der Waals surface area contributed by atoms with Gasteiger partial charge in [-0.05, 0) is 38.4 Å². The fourth-order valence-electron chi connectivity index (χ4n) is 3.11. The molecule has 1 aromatic rings. The molecule has 112 valence electrons. The summed E-state index contributed by atoms with van der Waals surface area (Å²) in [6, 6.07) is 4.74. The smallest absolute Gasteiger partial charge is 0.0743 e. The van der Waals surface area contributed by atoms with Crippen molar-refractivity contribution in [3.05, 3.63) is 24.0 Å². The van der Waals surface area contributed by atoms with Crippen LogP contribution in [0.2, 0.25) is 0 Å². The van der Waals surface area contributed by atoms with Crippen LogP contribution < -0.4 is 10.2 Å². The summed E-state index contributed by atoms with van der Waals surface area (Å²) in [5, 5.41) is 13.4. The second-order valence-electron chi connectivity index (χ2n) is 5.72. The third-order valence-corrected chi connectivity index (χ3v) is 4.48. The number of hydrogen-bond donors (Lipinski definition) is 2. The van der Waals surface area contributed by atoms with Gasteiger partial charge in [-0.2, -0.15) is 0 Å². The first-order valence-corrected chi connectivity index (χ1v) is 7.71. The van der Waals surface area contributed by atoms with Crippen molar-refractivity contribution < 1.29 is 5.11 Å². The van der Waals surface area contributed by atoms with E-state index in [0.717, 1.165) is 37.1 Å². The van der Waals surface area contributed by atoms with E-state index in [1.165, 1.54) is 6.42 Å². The number of aliphatic hydroxyl groups excluding tert-OH is 1. The van der Waals surface area contributed by atoms with E-state index < -0.39 is 0 Å². The van der Waals surface area contributed by atoms with Crippen LogP contribution in [0.25, 0.3) is 0 Å². The summed E-state index contributed by atoms with van der Waals surface area (Å²) in [6.07, 6.45) is 7.06. The van der Waals surface area contributed by atoms with E-state index in [1.54, 1.807) is 0 Å². The number of hydrogen-bond acceptors (Lipinski definition) is 4. The van der Waals surface area contributed by atoms with Crippen molar-refractivity contribution in [3.63, 3.8) is 0 Å². The lowest BCUT2D eigenvalue weighted by Crippen LogP contribution is -2.43. The van der Waals surface area contributed by atoms with Crippen LogP contribution >= 0.6 is 0 Å². The van der Waals surface area contributed by atoms with Crippen molar-refractivity contribution in [3.8, 4) is 0 Å². The number of nitrogens with zero attached hydrogens (tertiary/aromatic N) is 2. The third-order valence-electron chi connectivity index (χ3n) is 4.48. The summed E-state index contributed by atoms with van der Waals surface area (Å²) < 4.78 is 0. The fraction of sp³-hybridized carbons (Fsp3) is 0.688. The average Bonchev–Trinajstić information content (AvgIpc) is 2.49.